The van der Waals surface area contributed by atoms with E-state index in [2.05, 4.69) is 20.5 Å². The number of morpholine rings is 1. The number of ether oxygens (including phenoxy) is 1. The van der Waals surface area contributed by atoms with Crippen molar-refractivity contribution in [3.63, 3.8) is 0 Å². The van der Waals surface area contributed by atoms with Crippen molar-refractivity contribution in [3.05, 3.63) is 59.9 Å². The standard InChI is InChI=1S/C19H22N4O3/c24-18(15-4-3-7-20-14-15)22-17-6-2-1-5-16(17)19(25)21-8-9-23-10-12-26-13-11-23/h1-7,14H,8-13H2,(H,21,25)(H,22,24). The van der Waals surface area contributed by atoms with Crippen LogP contribution in [0.4, 0.5) is 5.69 Å². The van der Waals surface area contributed by atoms with Gasteiger partial charge in [0, 0.05) is 38.6 Å². The molecule has 0 unspecified atom stereocenters. The molecule has 0 atom stereocenters. The molecule has 1 fully saturated rings. The highest BCUT2D eigenvalue weighted by Gasteiger charge is 2.15. The summed E-state index contributed by atoms with van der Waals surface area (Å²) in [4.78, 5) is 31.0. The molecule has 2 heterocycles. The summed E-state index contributed by atoms with van der Waals surface area (Å²) in [5.41, 5.74) is 1.35. The number of hydrogen-bond donors (Lipinski definition) is 2. The number of para-hydroxylation sites is 1. The number of rotatable bonds is 6. The number of amides is 2. The van der Waals surface area contributed by atoms with Gasteiger partial charge in [-0.15, -0.1) is 0 Å². The second-order valence-electron chi connectivity index (χ2n) is 5.95. The predicted molar refractivity (Wildman–Crippen MR) is 98.2 cm³/mol. The van der Waals surface area contributed by atoms with Gasteiger partial charge in [0.2, 0.25) is 0 Å². The van der Waals surface area contributed by atoms with Crippen LogP contribution in [0.15, 0.2) is 48.8 Å². The second kappa shape index (κ2) is 9.07. The molecular weight excluding hydrogens is 332 g/mol. The monoisotopic (exact) mass is 354 g/mol. The molecule has 2 aromatic rings. The first-order valence-corrected chi connectivity index (χ1v) is 8.63. The third-order valence-corrected chi connectivity index (χ3v) is 4.16. The zero-order valence-corrected chi connectivity index (χ0v) is 14.5. The average Bonchev–Trinajstić information content (AvgIpc) is 2.70. The van der Waals surface area contributed by atoms with Gasteiger partial charge in [-0.2, -0.15) is 0 Å². The minimum absolute atomic E-state index is 0.208. The summed E-state index contributed by atoms with van der Waals surface area (Å²) in [5.74, 6) is -0.507. The van der Waals surface area contributed by atoms with Crippen molar-refractivity contribution in [1.82, 2.24) is 15.2 Å². The number of benzene rings is 1. The molecule has 1 aromatic heterocycles. The Kier molecular flexibility index (Phi) is 6.29. The van der Waals surface area contributed by atoms with E-state index < -0.39 is 0 Å². The van der Waals surface area contributed by atoms with Crippen molar-refractivity contribution in [2.24, 2.45) is 0 Å². The maximum absolute atomic E-state index is 12.5. The van der Waals surface area contributed by atoms with Gasteiger partial charge in [-0.3, -0.25) is 19.5 Å². The third kappa shape index (κ3) is 4.87. The van der Waals surface area contributed by atoms with Crippen LogP contribution in [-0.2, 0) is 4.74 Å². The van der Waals surface area contributed by atoms with Gasteiger partial charge < -0.3 is 15.4 Å². The lowest BCUT2D eigenvalue weighted by Crippen LogP contribution is -2.41. The van der Waals surface area contributed by atoms with Crippen molar-refractivity contribution in [2.75, 3.05) is 44.7 Å². The molecule has 1 aliphatic rings. The molecule has 0 radical (unpaired) electrons. The number of aromatic nitrogens is 1. The van der Waals surface area contributed by atoms with Crippen LogP contribution >= 0.6 is 0 Å². The highest BCUT2D eigenvalue weighted by atomic mass is 16.5. The fraction of sp³-hybridized carbons (Fsp3) is 0.316. The second-order valence-corrected chi connectivity index (χ2v) is 5.95. The summed E-state index contributed by atoms with van der Waals surface area (Å²) in [6.45, 7) is 4.55. The largest absolute Gasteiger partial charge is 0.379 e. The quantitative estimate of drug-likeness (QED) is 0.819. The van der Waals surface area contributed by atoms with E-state index in [0.29, 0.717) is 23.4 Å². The van der Waals surface area contributed by atoms with Gasteiger partial charge in [-0.1, -0.05) is 12.1 Å². The average molecular weight is 354 g/mol. The van der Waals surface area contributed by atoms with Crippen LogP contribution in [0, 0.1) is 0 Å². The fourth-order valence-electron chi connectivity index (χ4n) is 2.73. The SMILES string of the molecule is O=C(Nc1ccccc1C(=O)NCCN1CCOCC1)c1cccnc1. The molecule has 2 amide bonds. The number of nitrogens with one attached hydrogen (secondary N) is 2. The molecule has 26 heavy (non-hydrogen) atoms. The first kappa shape index (κ1) is 18.0. The smallest absolute Gasteiger partial charge is 0.257 e. The van der Waals surface area contributed by atoms with Crippen LogP contribution in [0.2, 0.25) is 0 Å². The van der Waals surface area contributed by atoms with E-state index in [0.717, 1.165) is 32.8 Å². The lowest BCUT2D eigenvalue weighted by Gasteiger charge is -2.26. The Morgan fingerprint density at radius 3 is 2.65 bits per heavy atom. The summed E-state index contributed by atoms with van der Waals surface area (Å²) in [5, 5.41) is 5.70. The van der Waals surface area contributed by atoms with Crippen LogP contribution in [-0.4, -0.2) is 61.1 Å². The molecule has 2 N–H and O–H groups in total. The number of hydrogen-bond acceptors (Lipinski definition) is 5. The summed E-state index contributed by atoms with van der Waals surface area (Å²) in [7, 11) is 0. The molecule has 1 saturated heterocycles. The van der Waals surface area contributed by atoms with Gasteiger partial charge in [0.05, 0.1) is 30.0 Å². The van der Waals surface area contributed by atoms with Crippen LogP contribution in [0.1, 0.15) is 20.7 Å². The van der Waals surface area contributed by atoms with Crippen molar-refractivity contribution in [1.29, 1.82) is 0 Å². The van der Waals surface area contributed by atoms with E-state index in [4.69, 9.17) is 4.74 Å². The van der Waals surface area contributed by atoms with Gasteiger partial charge in [-0.05, 0) is 24.3 Å². The zero-order valence-electron chi connectivity index (χ0n) is 14.5. The van der Waals surface area contributed by atoms with Crippen LogP contribution in [0.25, 0.3) is 0 Å². The number of pyridine rings is 1. The Labute approximate surface area is 152 Å². The maximum atomic E-state index is 12.5. The molecule has 1 aliphatic heterocycles. The maximum Gasteiger partial charge on any atom is 0.257 e. The molecule has 0 aliphatic carbocycles. The lowest BCUT2D eigenvalue weighted by atomic mass is 10.1. The first-order valence-electron chi connectivity index (χ1n) is 8.63. The highest BCUT2D eigenvalue weighted by molar-refractivity contribution is 6.08. The number of anilines is 1. The van der Waals surface area contributed by atoms with E-state index >= 15 is 0 Å². The highest BCUT2D eigenvalue weighted by Crippen LogP contribution is 2.16. The van der Waals surface area contributed by atoms with Gasteiger partial charge in [0.1, 0.15) is 0 Å². The molecule has 7 heteroatoms. The van der Waals surface area contributed by atoms with Crippen molar-refractivity contribution in [2.45, 2.75) is 0 Å². The minimum Gasteiger partial charge on any atom is -0.379 e. The molecule has 0 bridgehead atoms. The van der Waals surface area contributed by atoms with E-state index in [1.54, 1.807) is 42.6 Å². The Morgan fingerprint density at radius 2 is 1.88 bits per heavy atom. The summed E-state index contributed by atoms with van der Waals surface area (Å²) < 4.78 is 5.31. The van der Waals surface area contributed by atoms with E-state index in [9.17, 15) is 9.59 Å². The molecule has 0 spiro atoms. The number of nitrogens with zero attached hydrogens (tertiary/aromatic N) is 2. The fourth-order valence-corrected chi connectivity index (χ4v) is 2.73. The molecular formula is C19H22N4O3. The molecule has 0 saturated carbocycles. The Bertz CT molecular complexity index is 745. The molecule has 136 valence electrons. The number of carbonyl (C=O) groups excluding carboxylic acids is 2. The van der Waals surface area contributed by atoms with Crippen LogP contribution in [0.5, 0.6) is 0 Å². The Balaban J connectivity index is 1.59. The molecule has 7 nitrogen and oxygen atoms in total. The third-order valence-electron chi connectivity index (χ3n) is 4.16. The topological polar surface area (TPSA) is 83.6 Å². The summed E-state index contributed by atoms with van der Waals surface area (Å²) in [6, 6.07) is 10.3. The van der Waals surface area contributed by atoms with Crippen molar-refractivity contribution >= 4 is 17.5 Å². The van der Waals surface area contributed by atoms with E-state index in [1.165, 1.54) is 6.20 Å². The number of carbonyl (C=O) groups is 2. The molecule has 3 rings (SSSR count). The summed E-state index contributed by atoms with van der Waals surface area (Å²) in [6.07, 6.45) is 3.09. The van der Waals surface area contributed by atoms with Gasteiger partial charge in [0.15, 0.2) is 0 Å². The van der Waals surface area contributed by atoms with Gasteiger partial charge in [0.25, 0.3) is 11.8 Å². The predicted octanol–water partition coefficient (Wildman–Crippen LogP) is 1.40. The van der Waals surface area contributed by atoms with Crippen molar-refractivity contribution < 1.29 is 14.3 Å². The van der Waals surface area contributed by atoms with Crippen molar-refractivity contribution in [3.8, 4) is 0 Å². The Morgan fingerprint density at radius 1 is 1.08 bits per heavy atom. The zero-order chi connectivity index (χ0) is 18.2. The van der Waals surface area contributed by atoms with E-state index in [-0.39, 0.29) is 11.8 Å². The van der Waals surface area contributed by atoms with Gasteiger partial charge in [-0.25, -0.2) is 0 Å². The van der Waals surface area contributed by atoms with Gasteiger partial charge >= 0.3 is 0 Å². The van der Waals surface area contributed by atoms with E-state index in [1.807, 2.05) is 0 Å². The van der Waals surface area contributed by atoms with Crippen LogP contribution < -0.4 is 10.6 Å². The summed E-state index contributed by atoms with van der Waals surface area (Å²) >= 11 is 0. The minimum atomic E-state index is -0.299. The van der Waals surface area contributed by atoms with Crippen LogP contribution in [0.3, 0.4) is 0 Å². The molecule has 1 aromatic carbocycles. The first-order chi connectivity index (χ1) is 12.7. The lowest BCUT2D eigenvalue weighted by molar-refractivity contribution is 0.0383. The normalized spacial score (nSPS) is 14.6. The Hall–Kier alpha value is -2.77.